The van der Waals surface area contributed by atoms with Crippen LogP contribution >= 0.6 is 0 Å². The Morgan fingerprint density at radius 2 is 1.97 bits per heavy atom. The summed E-state index contributed by atoms with van der Waals surface area (Å²) in [5, 5.41) is 8.08. The summed E-state index contributed by atoms with van der Waals surface area (Å²) in [5.41, 5.74) is 2.19. The standard InChI is InChI=1S/C22H30N8O/c1-26(13-21-25-24-15-28(21)3)11-17-4-5-19-18-8-16(10-30(19)22(17)31)9-29(12-18)14-20-23-6-7-27(20)2/h4-7,15-16,18H,8-14H2,1-3H3/t16-,18+/m0/s1. The largest absolute Gasteiger partial charge is 0.337 e. The predicted molar refractivity (Wildman–Crippen MR) is 116 cm³/mol. The van der Waals surface area contributed by atoms with Crippen molar-refractivity contribution in [2.24, 2.45) is 20.0 Å². The minimum absolute atomic E-state index is 0.162. The van der Waals surface area contributed by atoms with Gasteiger partial charge in [0.25, 0.3) is 5.56 Å². The third kappa shape index (κ3) is 3.95. The van der Waals surface area contributed by atoms with E-state index in [1.54, 1.807) is 6.33 Å². The fourth-order valence-corrected chi connectivity index (χ4v) is 5.13. The summed E-state index contributed by atoms with van der Waals surface area (Å²) in [7, 11) is 6.00. The minimum Gasteiger partial charge on any atom is -0.337 e. The highest BCUT2D eigenvalue weighted by molar-refractivity contribution is 5.22. The van der Waals surface area contributed by atoms with Gasteiger partial charge in [0.2, 0.25) is 0 Å². The number of fused-ring (bicyclic) bond motifs is 4. The van der Waals surface area contributed by atoms with Gasteiger partial charge in [-0.15, -0.1) is 10.2 Å². The number of aryl methyl sites for hydroxylation is 2. The van der Waals surface area contributed by atoms with Crippen LogP contribution in [0.1, 0.15) is 35.2 Å². The molecule has 2 bridgehead atoms. The van der Waals surface area contributed by atoms with Crippen LogP contribution in [0.15, 0.2) is 35.6 Å². The highest BCUT2D eigenvalue weighted by Gasteiger charge is 2.35. The molecule has 31 heavy (non-hydrogen) atoms. The molecule has 9 heteroatoms. The zero-order valence-electron chi connectivity index (χ0n) is 18.5. The summed E-state index contributed by atoms with van der Waals surface area (Å²) in [4.78, 5) is 22.4. The van der Waals surface area contributed by atoms with Crippen LogP contribution in [0.5, 0.6) is 0 Å². The molecule has 0 aliphatic carbocycles. The molecule has 2 atom stereocenters. The lowest BCUT2D eigenvalue weighted by atomic mass is 9.83. The van der Waals surface area contributed by atoms with Crippen molar-refractivity contribution in [2.45, 2.75) is 38.5 Å². The normalized spacial score (nSPS) is 20.9. The molecule has 1 saturated heterocycles. The number of likely N-dealkylation sites (tertiary alicyclic amines) is 1. The van der Waals surface area contributed by atoms with Crippen LogP contribution in [0.2, 0.25) is 0 Å². The van der Waals surface area contributed by atoms with E-state index >= 15 is 0 Å². The van der Waals surface area contributed by atoms with E-state index in [4.69, 9.17) is 0 Å². The predicted octanol–water partition coefficient (Wildman–Crippen LogP) is 0.962. The van der Waals surface area contributed by atoms with Crippen LogP contribution in [0, 0.1) is 5.92 Å². The average molecular weight is 423 g/mol. The van der Waals surface area contributed by atoms with Gasteiger partial charge in [-0.2, -0.15) is 0 Å². The number of piperidine rings is 1. The number of pyridine rings is 1. The second-order valence-corrected chi connectivity index (χ2v) is 9.18. The molecule has 0 radical (unpaired) electrons. The van der Waals surface area contributed by atoms with Gasteiger partial charge in [0.15, 0.2) is 0 Å². The summed E-state index contributed by atoms with van der Waals surface area (Å²) >= 11 is 0. The third-order valence-electron chi connectivity index (χ3n) is 6.70. The molecule has 2 aliphatic rings. The first-order chi connectivity index (χ1) is 15.0. The number of rotatable bonds is 6. The summed E-state index contributed by atoms with van der Waals surface area (Å²) in [6.45, 7) is 4.94. The first kappa shape index (κ1) is 20.1. The number of hydrogen-bond donors (Lipinski definition) is 0. The lowest BCUT2D eigenvalue weighted by molar-refractivity contribution is 0.111. The fourth-order valence-electron chi connectivity index (χ4n) is 5.13. The van der Waals surface area contributed by atoms with Gasteiger partial charge in [-0.1, -0.05) is 6.07 Å². The SMILES string of the molecule is CN(Cc1ccc2n(c1=O)C[C@H]1C[C@@H]2CN(Cc2nccn2C)C1)Cc1nncn1C. The van der Waals surface area contributed by atoms with Crippen molar-refractivity contribution in [3.63, 3.8) is 0 Å². The van der Waals surface area contributed by atoms with Crippen molar-refractivity contribution in [1.29, 1.82) is 0 Å². The summed E-state index contributed by atoms with van der Waals surface area (Å²) in [5.74, 6) is 2.91. The first-order valence-corrected chi connectivity index (χ1v) is 10.9. The van der Waals surface area contributed by atoms with E-state index in [1.165, 1.54) is 12.1 Å². The van der Waals surface area contributed by atoms with Crippen molar-refractivity contribution in [2.75, 3.05) is 20.1 Å². The van der Waals surface area contributed by atoms with Gasteiger partial charge in [-0.3, -0.25) is 14.6 Å². The second-order valence-electron chi connectivity index (χ2n) is 9.18. The Bertz CT molecular complexity index is 1130. The molecule has 0 aromatic carbocycles. The lowest BCUT2D eigenvalue weighted by Gasteiger charge is -2.42. The quantitative estimate of drug-likeness (QED) is 0.589. The number of hydrogen-bond acceptors (Lipinski definition) is 6. The molecule has 0 N–H and O–H groups in total. The maximum absolute atomic E-state index is 13.3. The van der Waals surface area contributed by atoms with E-state index in [1.807, 2.05) is 48.7 Å². The highest BCUT2D eigenvalue weighted by atomic mass is 16.1. The molecule has 5 heterocycles. The van der Waals surface area contributed by atoms with E-state index in [0.29, 0.717) is 24.9 Å². The van der Waals surface area contributed by atoms with Gasteiger partial charge in [0.1, 0.15) is 18.0 Å². The van der Waals surface area contributed by atoms with Crippen molar-refractivity contribution in [1.82, 2.24) is 38.7 Å². The van der Waals surface area contributed by atoms with Crippen molar-refractivity contribution >= 4 is 0 Å². The summed E-state index contributed by atoms with van der Waals surface area (Å²) in [6.07, 6.45) is 6.73. The molecule has 2 aliphatic heterocycles. The van der Waals surface area contributed by atoms with Gasteiger partial charge in [-0.25, -0.2) is 4.98 Å². The Kier molecular flexibility index (Phi) is 5.23. The highest BCUT2D eigenvalue weighted by Crippen LogP contribution is 2.35. The molecule has 0 unspecified atom stereocenters. The van der Waals surface area contributed by atoms with Gasteiger partial charge < -0.3 is 13.7 Å². The Morgan fingerprint density at radius 3 is 2.71 bits per heavy atom. The molecular weight excluding hydrogens is 392 g/mol. The minimum atomic E-state index is 0.162. The van der Waals surface area contributed by atoms with E-state index in [0.717, 1.165) is 43.4 Å². The van der Waals surface area contributed by atoms with E-state index in [9.17, 15) is 4.79 Å². The smallest absolute Gasteiger partial charge is 0.255 e. The number of aromatic nitrogens is 6. The molecule has 0 spiro atoms. The lowest BCUT2D eigenvalue weighted by Crippen LogP contribution is -2.47. The molecule has 9 nitrogen and oxygen atoms in total. The van der Waals surface area contributed by atoms with Crippen molar-refractivity contribution in [3.8, 4) is 0 Å². The zero-order chi connectivity index (χ0) is 21.5. The Morgan fingerprint density at radius 1 is 1.10 bits per heavy atom. The number of imidazole rings is 1. The maximum atomic E-state index is 13.3. The molecule has 3 aromatic heterocycles. The Hall–Kier alpha value is -2.78. The van der Waals surface area contributed by atoms with E-state index < -0.39 is 0 Å². The van der Waals surface area contributed by atoms with Gasteiger partial charge in [-0.05, 0) is 25.5 Å². The van der Waals surface area contributed by atoms with E-state index in [2.05, 4.69) is 35.6 Å². The fraction of sp³-hybridized carbons (Fsp3) is 0.545. The van der Waals surface area contributed by atoms with Crippen LogP contribution in [0.3, 0.4) is 0 Å². The molecule has 5 rings (SSSR count). The second kappa shape index (κ2) is 8.05. The van der Waals surface area contributed by atoms with Crippen LogP contribution in [0.4, 0.5) is 0 Å². The average Bonchev–Trinajstić information content (AvgIpc) is 3.32. The van der Waals surface area contributed by atoms with Gasteiger partial charge in [0.05, 0.1) is 13.1 Å². The third-order valence-corrected chi connectivity index (χ3v) is 6.70. The van der Waals surface area contributed by atoms with Crippen LogP contribution in [0.25, 0.3) is 0 Å². The zero-order valence-corrected chi connectivity index (χ0v) is 18.5. The Balaban J connectivity index is 1.31. The van der Waals surface area contributed by atoms with Crippen LogP contribution in [-0.2, 0) is 40.3 Å². The van der Waals surface area contributed by atoms with Crippen LogP contribution < -0.4 is 5.56 Å². The first-order valence-electron chi connectivity index (χ1n) is 10.9. The van der Waals surface area contributed by atoms with Crippen molar-refractivity contribution < 1.29 is 0 Å². The maximum Gasteiger partial charge on any atom is 0.255 e. The summed E-state index contributed by atoms with van der Waals surface area (Å²) in [6, 6.07) is 4.21. The molecule has 164 valence electrons. The van der Waals surface area contributed by atoms with Gasteiger partial charge >= 0.3 is 0 Å². The molecule has 0 amide bonds. The topological polar surface area (TPSA) is 77.0 Å². The molecule has 0 saturated carbocycles. The molecule has 1 fully saturated rings. The molecule has 3 aromatic rings. The summed E-state index contributed by atoms with van der Waals surface area (Å²) < 4.78 is 6.04. The Labute approximate surface area is 181 Å². The number of nitrogens with zero attached hydrogens (tertiary/aromatic N) is 8. The van der Waals surface area contributed by atoms with E-state index in [-0.39, 0.29) is 5.56 Å². The molecular formula is C22H30N8O. The van der Waals surface area contributed by atoms with Crippen LogP contribution in [-0.4, -0.2) is 58.8 Å². The van der Waals surface area contributed by atoms with Crippen molar-refractivity contribution in [3.05, 3.63) is 64.1 Å². The monoisotopic (exact) mass is 422 g/mol. The van der Waals surface area contributed by atoms with Gasteiger partial charge in [0, 0.05) is 69.8 Å².